The number of amides is 2. The molecule has 3 rings (SSSR count). The second-order valence-electron chi connectivity index (χ2n) is 5.79. The first-order valence-electron chi connectivity index (χ1n) is 7.65. The predicted molar refractivity (Wildman–Crippen MR) is 88.2 cm³/mol. The number of aromatic nitrogens is 2. The first-order valence-corrected chi connectivity index (χ1v) is 7.65. The summed E-state index contributed by atoms with van der Waals surface area (Å²) < 4.78 is 28.1. The number of oxime groups is 1. The number of urea groups is 1. The van der Waals surface area contributed by atoms with E-state index in [-0.39, 0.29) is 11.7 Å². The van der Waals surface area contributed by atoms with E-state index in [9.17, 15) is 13.6 Å². The molecule has 1 aliphatic rings. The number of carbonyl (C=O) groups excluding carboxylic acids is 1. The summed E-state index contributed by atoms with van der Waals surface area (Å²) in [5.41, 5.74) is 1.51. The van der Waals surface area contributed by atoms with E-state index < -0.39 is 17.7 Å². The molecule has 0 aliphatic carbocycles. The zero-order valence-electron chi connectivity index (χ0n) is 13.7. The van der Waals surface area contributed by atoms with Crippen LogP contribution in [0.2, 0.25) is 0 Å². The van der Waals surface area contributed by atoms with Gasteiger partial charge in [0, 0.05) is 31.2 Å². The minimum atomic E-state index is -0.693. The zero-order valence-corrected chi connectivity index (χ0v) is 13.7. The maximum Gasteiger partial charge on any atom is 0.320 e. The van der Waals surface area contributed by atoms with Crippen LogP contribution in [-0.4, -0.2) is 34.2 Å². The van der Waals surface area contributed by atoms with Gasteiger partial charge in [0.25, 0.3) is 0 Å². The Balaban J connectivity index is 1.63. The van der Waals surface area contributed by atoms with Gasteiger partial charge in [-0.05, 0) is 19.1 Å². The van der Waals surface area contributed by atoms with Gasteiger partial charge in [0.2, 0.25) is 0 Å². The molecule has 1 aromatic carbocycles. The van der Waals surface area contributed by atoms with E-state index in [1.54, 1.807) is 7.05 Å². The Labute approximate surface area is 142 Å². The van der Waals surface area contributed by atoms with Crippen LogP contribution in [0, 0.1) is 11.6 Å². The van der Waals surface area contributed by atoms with Crippen molar-refractivity contribution in [1.82, 2.24) is 15.1 Å². The topological polar surface area (TPSA) is 80.5 Å². The van der Waals surface area contributed by atoms with Crippen molar-refractivity contribution in [3.8, 4) is 11.3 Å². The first kappa shape index (κ1) is 16.9. The first-order chi connectivity index (χ1) is 11.9. The van der Waals surface area contributed by atoms with Crippen LogP contribution in [0.15, 0.2) is 29.4 Å². The molecule has 0 radical (unpaired) electrons. The SMILES string of the molecule is CC1=NOC(CNC(=O)Nc2cc(-c3cc(F)cc(F)c3)nn2C)C1. The average Bonchev–Trinajstić information content (AvgIpc) is 3.11. The van der Waals surface area contributed by atoms with Gasteiger partial charge < -0.3 is 10.2 Å². The summed E-state index contributed by atoms with van der Waals surface area (Å²) in [5.74, 6) is -0.999. The van der Waals surface area contributed by atoms with E-state index in [0.29, 0.717) is 24.5 Å². The standard InChI is InChI=1S/C16H17F2N5O2/c1-9-3-13(25-22-9)8-19-16(24)20-15-7-14(21-23(15)2)10-4-11(17)6-12(18)5-10/h4-7,13H,3,8H2,1-2H3,(H2,19,20,24). The zero-order chi connectivity index (χ0) is 18.0. The Morgan fingerprint density at radius 3 is 2.68 bits per heavy atom. The largest absolute Gasteiger partial charge is 0.390 e. The van der Waals surface area contributed by atoms with E-state index >= 15 is 0 Å². The predicted octanol–water partition coefficient (Wildman–Crippen LogP) is 2.65. The quantitative estimate of drug-likeness (QED) is 0.890. The molecule has 9 heteroatoms. The molecular formula is C16H17F2N5O2. The molecular weight excluding hydrogens is 332 g/mol. The summed E-state index contributed by atoms with van der Waals surface area (Å²) in [7, 11) is 1.62. The van der Waals surface area contributed by atoms with Crippen LogP contribution >= 0.6 is 0 Å². The summed E-state index contributed by atoms with van der Waals surface area (Å²) in [4.78, 5) is 17.1. The highest BCUT2D eigenvalue weighted by Gasteiger charge is 2.19. The Morgan fingerprint density at radius 2 is 2.04 bits per heavy atom. The molecule has 2 amide bonds. The average molecular weight is 349 g/mol. The van der Waals surface area contributed by atoms with E-state index in [1.807, 2.05) is 6.92 Å². The van der Waals surface area contributed by atoms with Crippen molar-refractivity contribution < 1.29 is 18.4 Å². The molecule has 0 saturated carbocycles. The number of hydrogen-bond donors (Lipinski definition) is 2. The summed E-state index contributed by atoms with van der Waals surface area (Å²) in [6.45, 7) is 2.17. The lowest BCUT2D eigenvalue weighted by Gasteiger charge is -2.10. The van der Waals surface area contributed by atoms with Gasteiger partial charge in [0.1, 0.15) is 23.6 Å². The molecule has 132 valence electrons. The highest BCUT2D eigenvalue weighted by molar-refractivity contribution is 5.89. The number of nitrogens with one attached hydrogen (secondary N) is 2. The van der Waals surface area contributed by atoms with Gasteiger partial charge in [-0.15, -0.1) is 0 Å². The van der Waals surface area contributed by atoms with Gasteiger partial charge >= 0.3 is 6.03 Å². The van der Waals surface area contributed by atoms with Crippen LogP contribution < -0.4 is 10.6 Å². The molecule has 1 atom stereocenters. The smallest absolute Gasteiger partial charge is 0.320 e. The molecule has 0 spiro atoms. The summed E-state index contributed by atoms with van der Waals surface area (Å²) in [6.07, 6.45) is 0.490. The lowest BCUT2D eigenvalue weighted by atomic mass is 10.1. The fourth-order valence-corrected chi connectivity index (χ4v) is 2.47. The minimum Gasteiger partial charge on any atom is -0.390 e. The summed E-state index contributed by atoms with van der Waals surface area (Å²) in [6, 6.07) is 4.24. The van der Waals surface area contributed by atoms with Gasteiger partial charge in [-0.3, -0.25) is 10.00 Å². The van der Waals surface area contributed by atoms with Crippen LogP contribution in [0.4, 0.5) is 19.4 Å². The number of anilines is 1. The Kier molecular flexibility index (Phi) is 4.64. The fraction of sp³-hybridized carbons (Fsp3) is 0.312. The van der Waals surface area contributed by atoms with Gasteiger partial charge in [-0.2, -0.15) is 5.10 Å². The number of rotatable bonds is 4. The van der Waals surface area contributed by atoms with Crippen LogP contribution in [-0.2, 0) is 11.9 Å². The van der Waals surface area contributed by atoms with E-state index in [0.717, 1.165) is 11.8 Å². The van der Waals surface area contributed by atoms with Gasteiger partial charge in [0.05, 0.1) is 18.0 Å². The number of benzene rings is 1. The lowest BCUT2D eigenvalue weighted by Crippen LogP contribution is -2.35. The van der Waals surface area contributed by atoms with Crippen LogP contribution in [0.3, 0.4) is 0 Å². The van der Waals surface area contributed by atoms with Gasteiger partial charge in [0.15, 0.2) is 0 Å². The number of nitrogens with zero attached hydrogens (tertiary/aromatic N) is 3. The fourth-order valence-electron chi connectivity index (χ4n) is 2.47. The van der Waals surface area contributed by atoms with Gasteiger partial charge in [-0.25, -0.2) is 13.6 Å². The van der Waals surface area contributed by atoms with Crippen LogP contribution in [0.5, 0.6) is 0 Å². The van der Waals surface area contributed by atoms with Crippen molar-refractivity contribution in [2.45, 2.75) is 19.4 Å². The van der Waals surface area contributed by atoms with E-state index in [1.165, 1.54) is 22.9 Å². The molecule has 25 heavy (non-hydrogen) atoms. The van der Waals surface area contributed by atoms with Crippen molar-refractivity contribution >= 4 is 17.6 Å². The molecule has 0 fully saturated rings. The second-order valence-corrected chi connectivity index (χ2v) is 5.79. The van der Waals surface area contributed by atoms with Crippen LogP contribution in [0.1, 0.15) is 13.3 Å². The minimum absolute atomic E-state index is 0.178. The van der Waals surface area contributed by atoms with Crippen molar-refractivity contribution in [3.63, 3.8) is 0 Å². The third-order valence-corrected chi connectivity index (χ3v) is 3.65. The molecule has 2 N–H and O–H groups in total. The Morgan fingerprint density at radius 1 is 1.32 bits per heavy atom. The molecule has 1 aromatic heterocycles. The monoisotopic (exact) mass is 349 g/mol. The maximum atomic E-state index is 13.3. The number of aryl methyl sites for hydroxylation is 1. The third kappa shape index (κ3) is 4.11. The van der Waals surface area contributed by atoms with Crippen molar-refractivity contribution in [2.75, 3.05) is 11.9 Å². The molecule has 0 bridgehead atoms. The van der Waals surface area contributed by atoms with E-state index in [4.69, 9.17) is 4.84 Å². The van der Waals surface area contributed by atoms with Crippen molar-refractivity contribution in [1.29, 1.82) is 0 Å². The number of halogens is 2. The molecule has 0 saturated heterocycles. The molecule has 2 heterocycles. The molecule has 1 aliphatic heterocycles. The molecule has 2 aromatic rings. The summed E-state index contributed by atoms with van der Waals surface area (Å²) >= 11 is 0. The van der Waals surface area contributed by atoms with Crippen LogP contribution in [0.25, 0.3) is 11.3 Å². The van der Waals surface area contributed by atoms with Gasteiger partial charge in [-0.1, -0.05) is 5.16 Å². The highest BCUT2D eigenvalue weighted by atomic mass is 19.1. The Hall–Kier alpha value is -2.97. The molecule has 7 nitrogen and oxygen atoms in total. The summed E-state index contributed by atoms with van der Waals surface area (Å²) in [5, 5.41) is 13.3. The molecule has 1 unspecified atom stereocenters. The van der Waals surface area contributed by atoms with E-state index in [2.05, 4.69) is 20.9 Å². The third-order valence-electron chi connectivity index (χ3n) is 3.65. The number of hydrogen-bond acceptors (Lipinski definition) is 4. The van der Waals surface area contributed by atoms with Crippen molar-refractivity contribution in [2.24, 2.45) is 12.2 Å². The normalized spacial score (nSPS) is 16.3. The van der Waals surface area contributed by atoms with Crippen molar-refractivity contribution in [3.05, 3.63) is 35.9 Å². The number of carbonyl (C=O) groups is 1. The Bertz CT molecular complexity index is 814. The second kappa shape index (κ2) is 6.88. The lowest BCUT2D eigenvalue weighted by molar-refractivity contribution is 0.0870. The maximum absolute atomic E-state index is 13.3. The highest BCUT2D eigenvalue weighted by Crippen LogP contribution is 2.23.